The molecule has 0 amide bonds. The number of nitrogens with one attached hydrogen (secondary N) is 3. The van der Waals surface area contributed by atoms with Gasteiger partial charge in [0.25, 0.3) is 0 Å². The zero-order chi connectivity index (χ0) is 18.8. The first kappa shape index (κ1) is 23.3. The number of hydrogen-bond acceptors (Lipinski definition) is 5. The van der Waals surface area contributed by atoms with Crippen molar-refractivity contribution in [1.29, 1.82) is 0 Å². The van der Waals surface area contributed by atoms with Crippen LogP contribution in [0.3, 0.4) is 0 Å². The van der Waals surface area contributed by atoms with Gasteiger partial charge in [-0.3, -0.25) is 4.68 Å². The van der Waals surface area contributed by atoms with Gasteiger partial charge in [-0.2, -0.15) is 5.10 Å². The highest BCUT2D eigenvalue weighted by Gasteiger charge is 2.10. The lowest BCUT2D eigenvalue weighted by molar-refractivity contribution is 0.580. The third-order valence-electron chi connectivity index (χ3n) is 3.53. The fraction of sp³-hybridized carbons (Fsp3) is 0.438. The summed E-state index contributed by atoms with van der Waals surface area (Å²) in [6.45, 7) is 3.49. The molecule has 0 aliphatic rings. The third kappa shape index (κ3) is 8.67. The number of guanidine groups is 1. The molecule has 0 unspecified atom stereocenters. The van der Waals surface area contributed by atoms with E-state index in [2.05, 4.69) is 30.4 Å². The molecule has 2 aromatic rings. The number of aliphatic imine (C=N–C) groups is 1. The first-order chi connectivity index (χ1) is 12.5. The summed E-state index contributed by atoms with van der Waals surface area (Å²) in [4.78, 5) is 8.49. The van der Waals surface area contributed by atoms with Crippen LogP contribution in [0.25, 0.3) is 0 Å². The number of hydrogen-bond donors (Lipinski definition) is 3. The number of nitrogens with zero attached hydrogens (tertiary/aromatic N) is 4. The summed E-state index contributed by atoms with van der Waals surface area (Å²) in [6.07, 6.45) is 1.47. The molecule has 3 N–H and O–H groups in total. The highest BCUT2D eigenvalue weighted by atomic mass is 127. The molecule has 0 spiro atoms. The Labute approximate surface area is 177 Å². The number of rotatable bonds is 9. The average Bonchev–Trinajstić information content (AvgIpc) is 3.04. The van der Waals surface area contributed by atoms with E-state index >= 15 is 0 Å². The van der Waals surface area contributed by atoms with Gasteiger partial charge in [0.05, 0.1) is 5.75 Å². The molecule has 2 rings (SSSR count). The average molecular weight is 507 g/mol. The van der Waals surface area contributed by atoms with Crippen LogP contribution in [-0.4, -0.2) is 48.0 Å². The van der Waals surface area contributed by atoms with E-state index in [9.17, 15) is 8.42 Å². The fourth-order valence-electron chi connectivity index (χ4n) is 2.12. The number of benzene rings is 1. The van der Waals surface area contributed by atoms with E-state index in [1.165, 1.54) is 6.33 Å². The predicted molar refractivity (Wildman–Crippen MR) is 116 cm³/mol. The summed E-state index contributed by atoms with van der Waals surface area (Å²) < 4.78 is 28.4. The van der Waals surface area contributed by atoms with E-state index in [1.807, 2.05) is 37.3 Å². The highest BCUT2D eigenvalue weighted by molar-refractivity contribution is 14.0. The van der Waals surface area contributed by atoms with Crippen molar-refractivity contribution in [3.05, 3.63) is 48.0 Å². The third-order valence-corrected chi connectivity index (χ3v) is 4.86. The quantitative estimate of drug-likeness (QED) is 0.261. The number of aryl methyl sites for hydroxylation is 1. The Balaban J connectivity index is 0.00000364. The molecule has 11 heteroatoms. The topological polar surface area (TPSA) is 113 Å². The second-order valence-electron chi connectivity index (χ2n) is 5.55. The molecule has 9 nitrogen and oxygen atoms in total. The van der Waals surface area contributed by atoms with E-state index < -0.39 is 10.0 Å². The lowest BCUT2D eigenvalue weighted by Crippen LogP contribution is -2.41. The van der Waals surface area contributed by atoms with Crippen LogP contribution < -0.4 is 15.4 Å². The van der Waals surface area contributed by atoms with Crippen molar-refractivity contribution in [1.82, 2.24) is 30.1 Å². The van der Waals surface area contributed by atoms with Gasteiger partial charge in [-0.1, -0.05) is 30.3 Å². The monoisotopic (exact) mass is 507 g/mol. The van der Waals surface area contributed by atoms with Gasteiger partial charge in [-0.25, -0.2) is 23.1 Å². The fourth-order valence-corrected chi connectivity index (χ4v) is 3.02. The lowest BCUT2D eigenvalue weighted by Gasteiger charge is -2.12. The number of halogens is 1. The highest BCUT2D eigenvalue weighted by Crippen LogP contribution is 1.98. The first-order valence-corrected chi connectivity index (χ1v) is 10.0. The zero-order valence-corrected chi connectivity index (χ0v) is 18.6. The van der Waals surface area contributed by atoms with E-state index in [1.54, 1.807) is 11.7 Å². The molecule has 1 heterocycles. The summed E-state index contributed by atoms with van der Waals surface area (Å²) >= 11 is 0. The van der Waals surface area contributed by atoms with Gasteiger partial charge in [0.1, 0.15) is 18.7 Å². The predicted octanol–water partition coefficient (Wildman–Crippen LogP) is 0.608. The molecular weight excluding hydrogens is 481 g/mol. The Hall–Kier alpha value is -1.73. The van der Waals surface area contributed by atoms with E-state index in [4.69, 9.17) is 0 Å². The summed E-state index contributed by atoms with van der Waals surface area (Å²) in [5.74, 6) is 1.21. The van der Waals surface area contributed by atoms with Crippen LogP contribution >= 0.6 is 24.0 Å². The van der Waals surface area contributed by atoms with Gasteiger partial charge in [-0.05, 0) is 12.5 Å². The van der Waals surface area contributed by atoms with Crippen LogP contribution in [0.2, 0.25) is 0 Å². The van der Waals surface area contributed by atoms with Crippen LogP contribution in [0.15, 0.2) is 41.7 Å². The molecule has 0 aliphatic heterocycles. The number of sulfonamides is 1. The molecular formula is C16H26IN7O2S. The smallest absolute Gasteiger partial charge is 0.213 e. The van der Waals surface area contributed by atoms with Crippen molar-refractivity contribution in [3.63, 3.8) is 0 Å². The number of aromatic nitrogens is 3. The van der Waals surface area contributed by atoms with Gasteiger partial charge in [0, 0.05) is 26.7 Å². The molecule has 0 saturated carbocycles. The van der Waals surface area contributed by atoms with Crippen LogP contribution in [-0.2, 0) is 30.2 Å². The normalized spacial score (nSPS) is 11.7. The Morgan fingerprint density at radius 1 is 1.22 bits per heavy atom. The minimum Gasteiger partial charge on any atom is -0.357 e. The standard InChI is InChI=1S/C16H25N7O2S.HI/c1-3-17-16(19-12-15-20-13-21-23(15)2)18-9-10-26(24,25)22-11-14-7-5-4-6-8-14;/h4-8,13,22H,3,9-12H2,1-2H3,(H2,17,18,19);1H. The molecule has 1 aromatic carbocycles. The van der Waals surface area contributed by atoms with Crippen molar-refractivity contribution in [3.8, 4) is 0 Å². The molecule has 27 heavy (non-hydrogen) atoms. The van der Waals surface area contributed by atoms with Crippen LogP contribution in [0.4, 0.5) is 0 Å². The first-order valence-electron chi connectivity index (χ1n) is 8.36. The Morgan fingerprint density at radius 3 is 2.59 bits per heavy atom. The minimum atomic E-state index is -3.38. The maximum atomic E-state index is 12.1. The van der Waals surface area contributed by atoms with Crippen LogP contribution in [0, 0.1) is 0 Å². The SMILES string of the molecule is CCNC(=NCc1ncnn1C)NCCS(=O)(=O)NCc1ccccc1.I. The molecule has 150 valence electrons. The van der Waals surface area contributed by atoms with E-state index in [0.29, 0.717) is 19.0 Å². The second-order valence-corrected chi connectivity index (χ2v) is 7.47. The molecule has 0 aliphatic carbocycles. The molecule has 0 atom stereocenters. The van der Waals surface area contributed by atoms with Crippen LogP contribution in [0.5, 0.6) is 0 Å². The Morgan fingerprint density at radius 2 is 1.96 bits per heavy atom. The Bertz CT molecular complexity index is 809. The van der Waals surface area contributed by atoms with Crippen molar-refractivity contribution in [2.24, 2.45) is 12.0 Å². The van der Waals surface area contributed by atoms with E-state index in [-0.39, 0.29) is 42.8 Å². The van der Waals surface area contributed by atoms with Crippen molar-refractivity contribution < 1.29 is 8.42 Å². The van der Waals surface area contributed by atoms with Crippen LogP contribution in [0.1, 0.15) is 18.3 Å². The maximum absolute atomic E-state index is 12.1. The molecule has 0 fully saturated rings. The molecule has 0 bridgehead atoms. The zero-order valence-electron chi connectivity index (χ0n) is 15.4. The Kier molecular flexibility index (Phi) is 10.3. The van der Waals surface area contributed by atoms with Gasteiger partial charge in [-0.15, -0.1) is 24.0 Å². The summed E-state index contributed by atoms with van der Waals surface area (Å²) in [5.41, 5.74) is 0.919. The lowest BCUT2D eigenvalue weighted by atomic mass is 10.2. The molecule has 0 saturated heterocycles. The van der Waals surface area contributed by atoms with Crippen molar-refractivity contribution >= 4 is 40.0 Å². The van der Waals surface area contributed by atoms with Gasteiger partial charge in [0.2, 0.25) is 10.0 Å². The minimum absolute atomic E-state index is 0. The van der Waals surface area contributed by atoms with Gasteiger partial charge in [0.15, 0.2) is 5.96 Å². The van der Waals surface area contributed by atoms with Crippen molar-refractivity contribution in [2.45, 2.75) is 20.0 Å². The summed E-state index contributed by atoms with van der Waals surface area (Å²) in [6, 6.07) is 9.40. The van der Waals surface area contributed by atoms with Crippen molar-refractivity contribution in [2.75, 3.05) is 18.8 Å². The van der Waals surface area contributed by atoms with Gasteiger partial charge < -0.3 is 10.6 Å². The van der Waals surface area contributed by atoms with E-state index in [0.717, 1.165) is 11.4 Å². The maximum Gasteiger partial charge on any atom is 0.213 e. The summed E-state index contributed by atoms with van der Waals surface area (Å²) in [7, 11) is -1.58. The summed E-state index contributed by atoms with van der Waals surface area (Å²) in [5, 5.41) is 10.1. The van der Waals surface area contributed by atoms with Gasteiger partial charge >= 0.3 is 0 Å². The molecule has 0 radical (unpaired) electrons. The second kappa shape index (κ2) is 11.9. The molecule has 1 aromatic heterocycles. The largest absolute Gasteiger partial charge is 0.357 e.